The van der Waals surface area contributed by atoms with Gasteiger partial charge in [0, 0.05) is 6.07 Å². The van der Waals surface area contributed by atoms with Gasteiger partial charge in [-0.2, -0.15) is 21.6 Å². The highest BCUT2D eigenvalue weighted by Crippen LogP contribution is 2.37. The first kappa shape index (κ1) is 13.4. The molecule has 1 aromatic rings. The number of alkyl halides is 3. The van der Waals surface area contributed by atoms with Crippen LogP contribution in [0.1, 0.15) is 5.56 Å². The summed E-state index contributed by atoms with van der Waals surface area (Å²) in [4.78, 5) is 7.71. The van der Waals surface area contributed by atoms with Gasteiger partial charge in [0.2, 0.25) is 0 Å². The summed E-state index contributed by atoms with van der Waals surface area (Å²) in [6.07, 6.45) is -5.03. The van der Waals surface area contributed by atoms with Gasteiger partial charge in [-0.1, -0.05) is 0 Å². The van der Waals surface area contributed by atoms with Crippen LogP contribution in [0.4, 0.5) is 22.7 Å². The fourth-order valence-corrected chi connectivity index (χ4v) is 1.54. The molecule has 0 aromatic heterocycles. The summed E-state index contributed by atoms with van der Waals surface area (Å²) in [7, 11) is -5.29. The van der Waals surface area contributed by atoms with E-state index in [0.29, 0.717) is 6.07 Å². The predicted molar refractivity (Wildman–Crippen MR) is 46.4 cm³/mol. The van der Waals surface area contributed by atoms with E-state index in [-0.39, 0.29) is 12.1 Å². The van der Waals surface area contributed by atoms with Crippen molar-refractivity contribution in [2.45, 2.75) is 11.1 Å². The van der Waals surface area contributed by atoms with E-state index >= 15 is 0 Å². The number of nitro groups is 1. The van der Waals surface area contributed by atoms with E-state index in [0.717, 1.165) is 0 Å². The second kappa shape index (κ2) is 3.95. The molecular weight excluding hydrogens is 270 g/mol. The molecule has 0 radical (unpaired) electrons. The summed E-state index contributed by atoms with van der Waals surface area (Å²) in [5.74, 6) is 0. The minimum atomic E-state index is -5.29. The van der Waals surface area contributed by atoms with Crippen LogP contribution < -0.4 is 0 Å². The van der Waals surface area contributed by atoms with Gasteiger partial charge in [0.15, 0.2) is 0 Å². The number of hydrogen-bond donors (Lipinski definition) is 0. The van der Waals surface area contributed by atoms with Crippen molar-refractivity contribution in [3.8, 4) is 0 Å². The van der Waals surface area contributed by atoms with E-state index in [1.807, 2.05) is 0 Å². The Morgan fingerprint density at radius 3 is 2.12 bits per heavy atom. The van der Waals surface area contributed by atoms with Gasteiger partial charge in [0.25, 0.3) is 5.69 Å². The number of benzene rings is 1. The molecule has 1 rings (SSSR count). The maximum absolute atomic E-state index is 12.5. The topological polar surface area (TPSA) is 77.3 Å². The summed E-state index contributed by atoms with van der Waals surface area (Å²) in [5.41, 5.74) is -3.16. The van der Waals surface area contributed by atoms with Crippen LogP contribution in [-0.4, -0.2) is 13.3 Å². The van der Waals surface area contributed by atoms with Crippen LogP contribution in [0.2, 0.25) is 0 Å². The van der Waals surface area contributed by atoms with Crippen LogP contribution in [0.3, 0.4) is 0 Å². The van der Waals surface area contributed by atoms with Crippen LogP contribution in [0.25, 0.3) is 0 Å². The molecule has 0 saturated heterocycles. The Bertz CT molecular complexity index is 566. The van der Waals surface area contributed by atoms with Crippen molar-refractivity contribution < 1.29 is 30.4 Å². The van der Waals surface area contributed by atoms with Crippen LogP contribution in [0.15, 0.2) is 23.1 Å². The SMILES string of the molecule is O=[N+]([O-])c1cc(S(=O)(=O)F)ccc1C(F)(F)F. The highest BCUT2D eigenvalue weighted by molar-refractivity contribution is 7.86. The fourth-order valence-electron chi connectivity index (χ4n) is 1.05. The van der Waals surface area contributed by atoms with Gasteiger partial charge in [0.1, 0.15) is 10.5 Å². The van der Waals surface area contributed by atoms with Gasteiger partial charge >= 0.3 is 16.4 Å². The van der Waals surface area contributed by atoms with Gasteiger partial charge in [-0.3, -0.25) is 10.1 Å². The smallest absolute Gasteiger partial charge is 0.258 e. The average Bonchev–Trinajstić information content (AvgIpc) is 2.14. The molecule has 0 heterocycles. The molecule has 10 heteroatoms. The largest absolute Gasteiger partial charge is 0.422 e. The Balaban J connectivity index is 3.54. The quantitative estimate of drug-likeness (QED) is 0.358. The Morgan fingerprint density at radius 1 is 1.24 bits per heavy atom. The van der Waals surface area contributed by atoms with Crippen LogP contribution in [-0.2, 0) is 16.4 Å². The molecule has 0 fully saturated rings. The standard InChI is InChI=1S/C7H3F4NO4S/c8-7(9,10)5-2-1-4(17(11,15)16)3-6(5)12(13)14/h1-3H. The molecule has 94 valence electrons. The van der Waals surface area contributed by atoms with E-state index in [9.17, 15) is 35.6 Å². The molecule has 0 saturated carbocycles. The average molecular weight is 273 g/mol. The van der Waals surface area contributed by atoms with Gasteiger partial charge in [0.05, 0.1) is 4.92 Å². The van der Waals surface area contributed by atoms with E-state index in [1.165, 1.54) is 0 Å². The van der Waals surface area contributed by atoms with E-state index in [1.54, 1.807) is 0 Å². The first-order valence-electron chi connectivity index (χ1n) is 3.84. The predicted octanol–water partition coefficient (Wildman–Crippen LogP) is 2.27. The lowest BCUT2D eigenvalue weighted by Crippen LogP contribution is -2.09. The zero-order chi connectivity index (χ0) is 13.4. The highest BCUT2D eigenvalue weighted by Gasteiger charge is 2.39. The minimum Gasteiger partial charge on any atom is -0.258 e. The lowest BCUT2D eigenvalue weighted by atomic mass is 10.2. The van der Waals surface area contributed by atoms with Crippen LogP contribution in [0.5, 0.6) is 0 Å². The minimum absolute atomic E-state index is 0.0259. The molecule has 0 amide bonds. The normalized spacial score (nSPS) is 12.5. The third-order valence-corrected chi connectivity index (χ3v) is 2.57. The highest BCUT2D eigenvalue weighted by atomic mass is 32.3. The Hall–Kier alpha value is -1.71. The zero-order valence-electron chi connectivity index (χ0n) is 7.73. The van der Waals surface area contributed by atoms with Gasteiger partial charge in [-0.05, 0) is 12.1 Å². The van der Waals surface area contributed by atoms with Crippen molar-refractivity contribution in [2.24, 2.45) is 0 Å². The Labute approximate surface area is 92.0 Å². The summed E-state index contributed by atoms with van der Waals surface area (Å²) in [6.45, 7) is 0. The molecule has 1 aromatic carbocycles. The molecule has 0 spiro atoms. The maximum Gasteiger partial charge on any atom is 0.422 e. The number of rotatable bonds is 2. The van der Waals surface area contributed by atoms with Crippen LogP contribution in [0, 0.1) is 10.1 Å². The van der Waals surface area contributed by atoms with E-state index < -0.39 is 37.5 Å². The molecule has 0 atom stereocenters. The summed E-state index contributed by atoms with van der Waals surface area (Å²) < 4.78 is 70.1. The lowest BCUT2D eigenvalue weighted by molar-refractivity contribution is -0.388. The molecular formula is C7H3F4NO4S. The lowest BCUT2D eigenvalue weighted by Gasteiger charge is -2.07. The maximum atomic E-state index is 12.5. The van der Waals surface area contributed by atoms with Crippen molar-refractivity contribution in [3.05, 3.63) is 33.9 Å². The van der Waals surface area contributed by atoms with E-state index in [2.05, 4.69) is 0 Å². The molecule has 0 aliphatic heterocycles. The Kier molecular flexibility index (Phi) is 3.10. The Morgan fingerprint density at radius 2 is 1.76 bits per heavy atom. The number of hydrogen-bond acceptors (Lipinski definition) is 4. The molecule has 0 N–H and O–H groups in total. The first-order valence-corrected chi connectivity index (χ1v) is 5.22. The molecule has 17 heavy (non-hydrogen) atoms. The fraction of sp³-hybridized carbons (Fsp3) is 0.143. The third-order valence-electron chi connectivity index (χ3n) is 1.75. The monoisotopic (exact) mass is 273 g/mol. The molecule has 0 aliphatic rings. The molecule has 0 aliphatic carbocycles. The van der Waals surface area contributed by atoms with Crippen LogP contribution >= 0.6 is 0 Å². The van der Waals surface area contributed by atoms with Gasteiger partial charge < -0.3 is 0 Å². The molecule has 0 unspecified atom stereocenters. The number of nitro benzene ring substituents is 1. The van der Waals surface area contributed by atoms with Gasteiger partial charge in [-0.25, -0.2) is 0 Å². The van der Waals surface area contributed by atoms with Gasteiger partial charge in [-0.15, -0.1) is 3.89 Å². The summed E-state index contributed by atoms with van der Waals surface area (Å²) >= 11 is 0. The zero-order valence-corrected chi connectivity index (χ0v) is 8.55. The van der Waals surface area contributed by atoms with Crippen molar-refractivity contribution in [1.82, 2.24) is 0 Å². The van der Waals surface area contributed by atoms with Crippen molar-refractivity contribution >= 4 is 15.9 Å². The second-order valence-corrected chi connectivity index (χ2v) is 4.22. The second-order valence-electron chi connectivity index (χ2n) is 2.87. The summed E-state index contributed by atoms with van der Waals surface area (Å²) in [6, 6.07) is 0.480. The molecule has 0 bridgehead atoms. The van der Waals surface area contributed by atoms with Crippen molar-refractivity contribution in [2.75, 3.05) is 0 Å². The first-order chi connectivity index (χ1) is 7.53. The number of nitrogens with zero attached hydrogens (tertiary/aromatic N) is 1. The van der Waals surface area contributed by atoms with Crippen molar-refractivity contribution in [3.63, 3.8) is 0 Å². The van der Waals surface area contributed by atoms with E-state index in [4.69, 9.17) is 0 Å². The third kappa shape index (κ3) is 2.90. The molecule has 5 nitrogen and oxygen atoms in total. The van der Waals surface area contributed by atoms with Crippen molar-refractivity contribution in [1.29, 1.82) is 0 Å². The summed E-state index contributed by atoms with van der Waals surface area (Å²) in [5, 5.41) is 10.3. The number of halogens is 4.